The minimum Gasteiger partial charge on any atom is -0.445 e. The van der Waals surface area contributed by atoms with Crippen molar-refractivity contribution in [3.63, 3.8) is 0 Å². The Kier molecular flexibility index (Phi) is 2.92. The molecule has 1 aromatic rings. The average molecular weight is 235 g/mol. The van der Waals surface area contributed by atoms with Gasteiger partial charge in [0.25, 0.3) is 0 Å². The fraction of sp³-hybridized carbons (Fsp3) is 0.769. The van der Waals surface area contributed by atoms with Crippen LogP contribution in [0.3, 0.4) is 0 Å². The van der Waals surface area contributed by atoms with Crippen LogP contribution in [0.4, 0.5) is 0 Å². The van der Waals surface area contributed by atoms with E-state index in [1.807, 2.05) is 13.1 Å². The van der Waals surface area contributed by atoms with Gasteiger partial charge in [-0.2, -0.15) is 0 Å². The molecule has 1 spiro atoms. The van der Waals surface area contributed by atoms with Crippen LogP contribution in [0.2, 0.25) is 0 Å². The van der Waals surface area contributed by atoms with Crippen molar-refractivity contribution in [2.45, 2.75) is 44.7 Å². The molecule has 2 heterocycles. The van der Waals surface area contributed by atoms with Crippen molar-refractivity contribution in [2.24, 2.45) is 0 Å². The van der Waals surface area contributed by atoms with Crippen molar-refractivity contribution in [1.29, 1.82) is 0 Å². The van der Waals surface area contributed by atoms with E-state index < -0.39 is 0 Å². The molecular weight excluding hydrogens is 214 g/mol. The van der Waals surface area contributed by atoms with Crippen LogP contribution in [0.5, 0.6) is 0 Å². The molecule has 0 atom stereocenters. The summed E-state index contributed by atoms with van der Waals surface area (Å²) in [5, 5.41) is 3.72. The Labute approximate surface area is 102 Å². The van der Waals surface area contributed by atoms with Crippen molar-refractivity contribution in [1.82, 2.24) is 15.2 Å². The average Bonchev–Trinajstić information content (AvgIpc) is 2.89. The second-order valence-electron chi connectivity index (χ2n) is 5.49. The molecular formula is C13H21N3O. The van der Waals surface area contributed by atoms with Crippen molar-refractivity contribution in [3.8, 4) is 0 Å². The van der Waals surface area contributed by atoms with E-state index in [0.717, 1.165) is 37.8 Å². The van der Waals surface area contributed by atoms with Gasteiger partial charge in [0.05, 0.1) is 12.7 Å². The summed E-state index contributed by atoms with van der Waals surface area (Å²) in [6.45, 7) is 6.15. The zero-order valence-corrected chi connectivity index (χ0v) is 10.5. The Balaban J connectivity index is 1.64. The second kappa shape index (κ2) is 4.42. The van der Waals surface area contributed by atoms with E-state index in [-0.39, 0.29) is 0 Å². The summed E-state index contributed by atoms with van der Waals surface area (Å²) in [7, 11) is 0. The number of piperazine rings is 1. The molecule has 0 radical (unpaired) electrons. The smallest absolute Gasteiger partial charge is 0.208 e. The fourth-order valence-electron chi connectivity index (χ4n) is 3.23. The number of nitrogens with zero attached hydrogens (tertiary/aromatic N) is 2. The lowest BCUT2D eigenvalue weighted by Crippen LogP contribution is -2.58. The summed E-state index contributed by atoms with van der Waals surface area (Å²) >= 11 is 0. The summed E-state index contributed by atoms with van der Waals surface area (Å²) in [4.78, 5) is 6.78. The standard InChI is InChI=1S/C13H21N3O/c1-11-8-14-12(17-11)9-16-7-6-15-13(10-16)4-2-3-5-13/h8,15H,2-7,9-10H2,1H3. The van der Waals surface area contributed by atoms with Gasteiger partial charge >= 0.3 is 0 Å². The van der Waals surface area contributed by atoms with Crippen LogP contribution in [0, 0.1) is 6.92 Å². The van der Waals surface area contributed by atoms with E-state index in [4.69, 9.17) is 4.42 Å². The first-order valence-corrected chi connectivity index (χ1v) is 6.65. The molecule has 1 aromatic heterocycles. The van der Waals surface area contributed by atoms with E-state index in [9.17, 15) is 0 Å². The molecule has 1 aliphatic carbocycles. The SMILES string of the molecule is Cc1cnc(CN2CCNC3(CCCC3)C2)o1. The first-order chi connectivity index (χ1) is 8.26. The summed E-state index contributed by atoms with van der Waals surface area (Å²) in [6, 6.07) is 0. The molecule has 1 saturated heterocycles. The molecule has 94 valence electrons. The lowest BCUT2D eigenvalue weighted by molar-refractivity contribution is 0.119. The van der Waals surface area contributed by atoms with Crippen LogP contribution in [-0.2, 0) is 6.54 Å². The predicted molar refractivity (Wildman–Crippen MR) is 65.7 cm³/mol. The largest absolute Gasteiger partial charge is 0.445 e. The summed E-state index contributed by atoms with van der Waals surface area (Å²) < 4.78 is 5.56. The highest BCUT2D eigenvalue weighted by Gasteiger charge is 2.37. The van der Waals surface area contributed by atoms with E-state index in [1.165, 1.54) is 25.7 Å². The van der Waals surface area contributed by atoms with Crippen molar-refractivity contribution >= 4 is 0 Å². The molecule has 0 aromatic carbocycles. The monoisotopic (exact) mass is 235 g/mol. The molecule has 4 nitrogen and oxygen atoms in total. The van der Waals surface area contributed by atoms with E-state index in [1.54, 1.807) is 0 Å². The summed E-state index contributed by atoms with van der Waals surface area (Å²) in [5.41, 5.74) is 0.389. The second-order valence-corrected chi connectivity index (χ2v) is 5.49. The van der Waals surface area contributed by atoms with Crippen LogP contribution in [0.1, 0.15) is 37.3 Å². The number of aryl methyl sites for hydroxylation is 1. The van der Waals surface area contributed by atoms with Crippen LogP contribution in [-0.4, -0.2) is 35.1 Å². The molecule has 1 N–H and O–H groups in total. The van der Waals surface area contributed by atoms with Gasteiger partial charge in [0.2, 0.25) is 5.89 Å². The van der Waals surface area contributed by atoms with Gasteiger partial charge in [0.15, 0.2) is 0 Å². The normalized spacial score (nSPS) is 24.5. The third-order valence-corrected chi connectivity index (χ3v) is 4.04. The van der Waals surface area contributed by atoms with Gasteiger partial charge in [0.1, 0.15) is 5.76 Å². The van der Waals surface area contributed by atoms with Crippen LogP contribution >= 0.6 is 0 Å². The number of hydrogen-bond acceptors (Lipinski definition) is 4. The zero-order valence-electron chi connectivity index (χ0n) is 10.5. The van der Waals surface area contributed by atoms with E-state index in [0.29, 0.717) is 5.54 Å². The maximum absolute atomic E-state index is 5.56. The van der Waals surface area contributed by atoms with Crippen LogP contribution < -0.4 is 5.32 Å². The molecule has 2 fully saturated rings. The van der Waals surface area contributed by atoms with Gasteiger partial charge in [-0.25, -0.2) is 4.98 Å². The van der Waals surface area contributed by atoms with Crippen molar-refractivity contribution in [2.75, 3.05) is 19.6 Å². The highest BCUT2D eigenvalue weighted by molar-refractivity contribution is 4.99. The Hall–Kier alpha value is -0.870. The Bertz CT molecular complexity index is 382. The van der Waals surface area contributed by atoms with Gasteiger partial charge in [-0.05, 0) is 19.8 Å². The maximum atomic E-state index is 5.56. The lowest BCUT2D eigenvalue weighted by Gasteiger charge is -2.41. The van der Waals surface area contributed by atoms with Gasteiger partial charge in [0, 0.05) is 25.2 Å². The molecule has 1 saturated carbocycles. The number of nitrogens with one attached hydrogen (secondary N) is 1. The highest BCUT2D eigenvalue weighted by atomic mass is 16.4. The third kappa shape index (κ3) is 2.38. The molecule has 0 amide bonds. The third-order valence-electron chi connectivity index (χ3n) is 4.04. The predicted octanol–water partition coefficient (Wildman–Crippen LogP) is 1.70. The lowest BCUT2D eigenvalue weighted by atomic mass is 9.94. The zero-order chi connectivity index (χ0) is 11.7. The molecule has 2 aliphatic rings. The summed E-state index contributed by atoms with van der Waals surface area (Å²) in [5.74, 6) is 1.77. The molecule has 4 heteroatoms. The van der Waals surface area contributed by atoms with Gasteiger partial charge < -0.3 is 9.73 Å². The van der Waals surface area contributed by atoms with Crippen molar-refractivity contribution < 1.29 is 4.42 Å². The Morgan fingerprint density at radius 1 is 1.47 bits per heavy atom. The Morgan fingerprint density at radius 3 is 3.00 bits per heavy atom. The first kappa shape index (κ1) is 11.2. The first-order valence-electron chi connectivity index (χ1n) is 6.65. The van der Waals surface area contributed by atoms with E-state index >= 15 is 0 Å². The quantitative estimate of drug-likeness (QED) is 0.847. The van der Waals surface area contributed by atoms with Gasteiger partial charge in [-0.3, -0.25) is 4.90 Å². The number of rotatable bonds is 2. The number of hydrogen-bond donors (Lipinski definition) is 1. The Morgan fingerprint density at radius 2 is 2.29 bits per heavy atom. The number of oxazole rings is 1. The molecule has 3 rings (SSSR count). The van der Waals surface area contributed by atoms with Gasteiger partial charge in [-0.1, -0.05) is 12.8 Å². The van der Waals surface area contributed by atoms with Crippen molar-refractivity contribution in [3.05, 3.63) is 17.8 Å². The summed E-state index contributed by atoms with van der Waals surface area (Å²) in [6.07, 6.45) is 7.21. The molecule has 0 unspecified atom stereocenters. The van der Waals surface area contributed by atoms with Gasteiger partial charge in [-0.15, -0.1) is 0 Å². The molecule has 17 heavy (non-hydrogen) atoms. The topological polar surface area (TPSA) is 41.3 Å². The number of aromatic nitrogens is 1. The maximum Gasteiger partial charge on any atom is 0.208 e. The minimum absolute atomic E-state index is 0.389. The highest BCUT2D eigenvalue weighted by Crippen LogP contribution is 2.32. The van der Waals surface area contributed by atoms with E-state index in [2.05, 4.69) is 15.2 Å². The molecule has 1 aliphatic heterocycles. The van der Waals surface area contributed by atoms with Crippen LogP contribution in [0.25, 0.3) is 0 Å². The fourth-order valence-corrected chi connectivity index (χ4v) is 3.23. The minimum atomic E-state index is 0.389. The van der Waals surface area contributed by atoms with Crippen LogP contribution in [0.15, 0.2) is 10.6 Å². The molecule has 0 bridgehead atoms.